The third-order valence-corrected chi connectivity index (χ3v) is 1.17. The van der Waals surface area contributed by atoms with Crippen LogP contribution in [0.4, 0.5) is 13.2 Å². The molecule has 0 unspecified atom stereocenters. The first-order valence-electron chi connectivity index (χ1n) is 3.70. The van der Waals surface area contributed by atoms with E-state index in [-0.39, 0.29) is 10.6 Å². The molecule has 0 heterocycles. The highest BCUT2D eigenvalue weighted by molar-refractivity contribution is 6.03. The Morgan fingerprint density at radius 1 is 1.44 bits per heavy atom. The quantitative estimate of drug-likeness (QED) is 0.298. The number of rotatable bonds is 1. The van der Waals surface area contributed by atoms with Crippen LogP contribution in [0.3, 0.4) is 0 Å². The molecule has 16 heavy (non-hydrogen) atoms. The summed E-state index contributed by atoms with van der Waals surface area (Å²) in [7, 11) is 0. The largest absolute Gasteiger partial charge is 0.493 e. The maximum Gasteiger partial charge on any atom is 0.493 e. The standard InChI is InChI=1S/C7H8F3N3O3/c1-3(2)4(14)13(6(11)12)16-5(15)7(8,9)10/h1H2,2H3,(H3,11,12). The summed E-state index contributed by atoms with van der Waals surface area (Å²) in [5, 5.41) is 6.48. The molecule has 1 amide bonds. The van der Waals surface area contributed by atoms with E-state index in [9.17, 15) is 22.8 Å². The van der Waals surface area contributed by atoms with E-state index in [1.807, 2.05) is 0 Å². The fraction of sp³-hybridized carbons (Fsp3) is 0.286. The van der Waals surface area contributed by atoms with Crippen molar-refractivity contribution in [2.24, 2.45) is 5.73 Å². The van der Waals surface area contributed by atoms with Crippen LogP contribution in [0, 0.1) is 5.41 Å². The van der Waals surface area contributed by atoms with Crippen molar-refractivity contribution in [3.8, 4) is 0 Å². The Labute approximate surface area is 87.9 Å². The number of carbonyl (C=O) groups is 2. The number of hydrogen-bond acceptors (Lipinski definition) is 4. The van der Waals surface area contributed by atoms with Crippen LogP contribution >= 0.6 is 0 Å². The van der Waals surface area contributed by atoms with Crippen LogP contribution in [0.25, 0.3) is 0 Å². The topological polar surface area (TPSA) is 96.5 Å². The number of nitrogens with one attached hydrogen (secondary N) is 1. The first kappa shape index (κ1) is 13.9. The second-order valence-corrected chi connectivity index (χ2v) is 2.64. The molecule has 0 fully saturated rings. The lowest BCUT2D eigenvalue weighted by Gasteiger charge is -2.19. The lowest BCUT2D eigenvalue weighted by Crippen LogP contribution is -2.45. The molecule has 0 radical (unpaired) electrons. The molecule has 0 rings (SSSR count). The van der Waals surface area contributed by atoms with Gasteiger partial charge in [-0.2, -0.15) is 13.2 Å². The summed E-state index contributed by atoms with van der Waals surface area (Å²) in [6.07, 6.45) is -5.29. The minimum Gasteiger partial charge on any atom is -0.367 e. The highest BCUT2D eigenvalue weighted by Gasteiger charge is 2.44. The number of alkyl halides is 3. The van der Waals surface area contributed by atoms with Crippen LogP contribution in [-0.2, 0) is 14.4 Å². The van der Waals surface area contributed by atoms with Gasteiger partial charge in [-0.3, -0.25) is 10.2 Å². The number of guanidine groups is 1. The highest BCUT2D eigenvalue weighted by Crippen LogP contribution is 2.17. The maximum atomic E-state index is 11.8. The summed E-state index contributed by atoms with van der Waals surface area (Å²) in [5.41, 5.74) is 4.52. The van der Waals surface area contributed by atoms with Crippen molar-refractivity contribution in [3.05, 3.63) is 12.2 Å². The van der Waals surface area contributed by atoms with Gasteiger partial charge < -0.3 is 10.6 Å². The van der Waals surface area contributed by atoms with Gasteiger partial charge in [0.15, 0.2) is 0 Å². The van der Waals surface area contributed by atoms with E-state index < -0.39 is 24.0 Å². The number of nitrogens with two attached hydrogens (primary N) is 1. The predicted octanol–water partition coefficient (Wildman–Crippen LogP) is 0.305. The molecule has 9 heteroatoms. The van der Waals surface area contributed by atoms with Crippen molar-refractivity contribution in [2.75, 3.05) is 0 Å². The number of amides is 1. The molecule has 0 atom stereocenters. The van der Waals surface area contributed by atoms with E-state index in [0.717, 1.165) is 6.92 Å². The number of hydrogen-bond donors (Lipinski definition) is 2. The van der Waals surface area contributed by atoms with Crippen LogP contribution in [0.15, 0.2) is 12.2 Å². The number of nitrogens with zero attached hydrogens (tertiary/aromatic N) is 1. The molecule has 3 N–H and O–H groups in total. The fourth-order valence-electron chi connectivity index (χ4n) is 0.508. The van der Waals surface area contributed by atoms with E-state index in [2.05, 4.69) is 11.4 Å². The number of halogens is 3. The normalized spacial score (nSPS) is 10.5. The maximum absolute atomic E-state index is 11.8. The second-order valence-electron chi connectivity index (χ2n) is 2.64. The molecule has 0 spiro atoms. The molecule has 0 aromatic rings. The first-order chi connectivity index (χ1) is 7.07. The fourth-order valence-corrected chi connectivity index (χ4v) is 0.508. The van der Waals surface area contributed by atoms with Crippen LogP contribution in [0.2, 0.25) is 0 Å². The summed E-state index contributed by atoms with van der Waals surface area (Å²) in [6.45, 7) is 4.26. The third kappa shape index (κ3) is 3.59. The van der Waals surface area contributed by atoms with Gasteiger partial charge in [-0.05, 0) is 6.92 Å². The summed E-state index contributed by atoms with van der Waals surface area (Å²) in [5.74, 6) is -5.03. The van der Waals surface area contributed by atoms with Crippen molar-refractivity contribution in [2.45, 2.75) is 13.1 Å². The molecular weight excluding hydrogens is 231 g/mol. The van der Waals surface area contributed by atoms with E-state index in [4.69, 9.17) is 11.1 Å². The first-order valence-corrected chi connectivity index (χ1v) is 3.70. The molecule has 0 saturated carbocycles. The molecule has 0 aromatic heterocycles. The average Bonchev–Trinajstić information content (AvgIpc) is 2.10. The van der Waals surface area contributed by atoms with Gasteiger partial charge in [0.25, 0.3) is 5.91 Å². The summed E-state index contributed by atoms with van der Waals surface area (Å²) >= 11 is 0. The molecule has 0 saturated heterocycles. The second kappa shape index (κ2) is 4.64. The molecule has 0 bridgehead atoms. The monoisotopic (exact) mass is 239 g/mol. The van der Waals surface area contributed by atoms with Gasteiger partial charge in [0, 0.05) is 5.57 Å². The van der Waals surface area contributed by atoms with E-state index >= 15 is 0 Å². The summed E-state index contributed by atoms with van der Waals surface area (Å²) < 4.78 is 35.4. The number of carbonyl (C=O) groups excluding carboxylic acids is 2. The smallest absolute Gasteiger partial charge is 0.367 e. The Kier molecular flexibility index (Phi) is 4.04. The van der Waals surface area contributed by atoms with Crippen LogP contribution in [0.5, 0.6) is 0 Å². The Hall–Kier alpha value is -2.06. The molecular formula is C7H8F3N3O3. The van der Waals surface area contributed by atoms with Gasteiger partial charge in [-0.15, -0.1) is 0 Å². The summed E-state index contributed by atoms with van der Waals surface area (Å²) in [4.78, 5) is 25.1. The van der Waals surface area contributed by atoms with Crippen molar-refractivity contribution in [1.29, 1.82) is 5.41 Å². The van der Waals surface area contributed by atoms with Gasteiger partial charge in [0.1, 0.15) is 0 Å². The molecule has 6 nitrogen and oxygen atoms in total. The van der Waals surface area contributed by atoms with Crippen molar-refractivity contribution >= 4 is 17.8 Å². The molecule has 0 aromatic carbocycles. The molecule has 90 valence electrons. The predicted molar refractivity (Wildman–Crippen MR) is 45.7 cm³/mol. The zero-order valence-electron chi connectivity index (χ0n) is 8.09. The van der Waals surface area contributed by atoms with Crippen molar-refractivity contribution < 1.29 is 27.6 Å². The Balaban J connectivity index is 4.86. The van der Waals surface area contributed by atoms with Crippen molar-refractivity contribution in [3.63, 3.8) is 0 Å². The molecule has 0 aliphatic heterocycles. The Morgan fingerprint density at radius 3 is 2.12 bits per heavy atom. The third-order valence-electron chi connectivity index (χ3n) is 1.17. The van der Waals surface area contributed by atoms with Gasteiger partial charge >= 0.3 is 12.1 Å². The van der Waals surface area contributed by atoms with E-state index in [0.29, 0.717) is 0 Å². The van der Waals surface area contributed by atoms with Crippen LogP contribution in [0.1, 0.15) is 6.92 Å². The molecule has 0 aliphatic carbocycles. The van der Waals surface area contributed by atoms with Gasteiger partial charge in [-0.1, -0.05) is 11.6 Å². The van der Waals surface area contributed by atoms with Crippen LogP contribution in [-0.4, -0.2) is 29.1 Å². The van der Waals surface area contributed by atoms with Crippen LogP contribution < -0.4 is 5.73 Å². The zero-order chi connectivity index (χ0) is 13.1. The minimum absolute atomic E-state index is 0.245. The Bertz CT molecular complexity index is 351. The lowest BCUT2D eigenvalue weighted by atomic mass is 10.3. The van der Waals surface area contributed by atoms with Gasteiger partial charge in [0.2, 0.25) is 5.96 Å². The Morgan fingerprint density at radius 2 is 1.88 bits per heavy atom. The van der Waals surface area contributed by atoms with E-state index in [1.54, 1.807) is 0 Å². The highest BCUT2D eigenvalue weighted by atomic mass is 19.4. The van der Waals surface area contributed by atoms with E-state index in [1.165, 1.54) is 0 Å². The average molecular weight is 239 g/mol. The zero-order valence-corrected chi connectivity index (χ0v) is 8.09. The SMILES string of the molecule is C=C(C)C(=O)N(OC(=O)C(F)(F)F)C(=N)N. The van der Waals surface area contributed by atoms with Crippen molar-refractivity contribution in [1.82, 2.24) is 5.06 Å². The molecule has 0 aliphatic rings. The van der Waals surface area contributed by atoms with Gasteiger partial charge in [-0.25, -0.2) is 4.79 Å². The minimum atomic E-state index is -5.29. The lowest BCUT2D eigenvalue weighted by molar-refractivity contribution is -0.224. The van der Waals surface area contributed by atoms with Gasteiger partial charge in [0.05, 0.1) is 0 Å². The summed E-state index contributed by atoms with van der Waals surface area (Å²) in [6, 6.07) is 0. The number of hydroxylamine groups is 2.